The van der Waals surface area contributed by atoms with E-state index >= 15 is 0 Å². The van der Waals surface area contributed by atoms with Crippen LogP contribution in [0.15, 0.2) is 48.8 Å². The Morgan fingerprint density at radius 3 is 2.61 bits per heavy atom. The number of nitrogens with zero attached hydrogens (tertiary/aromatic N) is 2. The van der Waals surface area contributed by atoms with Crippen LogP contribution in [0.5, 0.6) is 5.75 Å². The Morgan fingerprint density at radius 1 is 1.04 bits per heavy atom. The van der Waals surface area contributed by atoms with Crippen LogP contribution in [0.25, 0.3) is 10.9 Å². The van der Waals surface area contributed by atoms with Crippen LogP contribution in [-0.4, -0.2) is 17.1 Å². The molecule has 0 saturated carbocycles. The molecule has 1 heterocycles. The Balaban J connectivity index is 1.99. The number of anilines is 2. The second-order valence-corrected chi connectivity index (χ2v) is 4.81. The minimum absolute atomic E-state index is 0.302. The Morgan fingerprint density at radius 2 is 1.87 bits per heavy atom. The van der Waals surface area contributed by atoms with Gasteiger partial charge >= 0.3 is 6.18 Å². The zero-order valence-electron chi connectivity index (χ0n) is 12.1. The molecule has 0 atom stereocenters. The third-order valence-corrected chi connectivity index (χ3v) is 3.30. The van der Waals surface area contributed by atoms with E-state index in [2.05, 4.69) is 15.3 Å². The topological polar surface area (TPSA) is 47.0 Å². The number of alkyl halides is 3. The van der Waals surface area contributed by atoms with E-state index in [1.165, 1.54) is 12.4 Å². The van der Waals surface area contributed by atoms with Crippen molar-refractivity contribution in [3.05, 3.63) is 54.4 Å². The second-order valence-electron chi connectivity index (χ2n) is 4.81. The fourth-order valence-corrected chi connectivity index (χ4v) is 2.17. The summed E-state index contributed by atoms with van der Waals surface area (Å²) in [5.41, 5.74) is 0.215. The van der Waals surface area contributed by atoms with Crippen LogP contribution >= 0.6 is 0 Å². The molecule has 0 unspecified atom stereocenters. The first-order chi connectivity index (χ1) is 11.0. The fraction of sp³-hybridized carbons (Fsp3) is 0.125. The summed E-state index contributed by atoms with van der Waals surface area (Å²) in [6.45, 7) is 0. The number of aromatic nitrogens is 2. The number of ether oxygens (including phenoxy) is 1. The van der Waals surface area contributed by atoms with E-state index in [9.17, 15) is 13.2 Å². The van der Waals surface area contributed by atoms with Crippen LogP contribution in [0.4, 0.5) is 24.7 Å². The van der Waals surface area contributed by atoms with Crippen LogP contribution in [0.1, 0.15) is 5.56 Å². The number of rotatable bonds is 3. The SMILES string of the molecule is COc1ccc2c(Nc3cccc(C(F)(F)F)c3)ncnc2c1. The van der Waals surface area contributed by atoms with E-state index in [-0.39, 0.29) is 0 Å². The number of hydrogen-bond donors (Lipinski definition) is 1. The van der Waals surface area contributed by atoms with Crippen molar-refractivity contribution in [2.24, 2.45) is 0 Å². The molecule has 0 aliphatic carbocycles. The molecular weight excluding hydrogens is 307 g/mol. The summed E-state index contributed by atoms with van der Waals surface area (Å²) in [6, 6.07) is 10.2. The lowest BCUT2D eigenvalue weighted by molar-refractivity contribution is -0.137. The quantitative estimate of drug-likeness (QED) is 0.777. The average molecular weight is 319 g/mol. The number of fused-ring (bicyclic) bond motifs is 1. The molecule has 118 valence electrons. The first-order valence-corrected chi connectivity index (χ1v) is 6.70. The highest BCUT2D eigenvalue weighted by Crippen LogP contribution is 2.32. The van der Waals surface area contributed by atoms with Crippen molar-refractivity contribution in [1.82, 2.24) is 9.97 Å². The molecule has 0 saturated heterocycles. The van der Waals surface area contributed by atoms with Gasteiger partial charge in [-0.3, -0.25) is 0 Å². The normalized spacial score (nSPS) is 11.5. The largest absolute Gasteiger partial charge is 0.497 e. The molecule has 0 aliphatic heterocycles. The summed E-state index contributed by atoms with van der Waals surface area (Å²) in [5.74, 6) is 1.07. The van der Waals surface area contributed by atoms with Crippen LogP contribution < -0.4 is 10.1 Å². The molecule has 0 aliphatic rings. The average Bonchev–Trinajstić information content (AvgIpc) is 2.54. The van der Waals surface area contributed by atoms with Gasteiger partial charge in [-0.2, -0.15) is 13.2 Å². The van der Waals surface area contributed by atoms with Crippen LogP contribution in [0.3, 0.4) is 0 Å². The molecule has 4 nitrogen and oxygen atoms in total. The van der Waals surface area contributed by atoms with Crippen LogP contribution in [0.2, 0.25) is 0 Å². The molecule has 3 rings (SSSR count). The maximum Gasteiger partial charge on any atom is 0.416 e. The molecule has 2 aromatic carbocycles. The highest BCUT2D eigenvalue weighted by Gasteiger charge is 2.30. The minimum Gasteiger partial charge on any atom is -0.497 e. The Labute approximate surface area is 129 Å². The third kappa shape index (κ3) is 3.18. The van der Waals surface area contributed by atoms with Crippen molar-refractivity contribution in [2.45, 2.75) is 6.18 Å². The maximum atomic E-state index is 12.8. The van der Waals surface area contributed by atoms with Crippen LogP contribution in [0, 0.1) is 0 Å². The van der Waals surface area contributed by atoms with Gasteiger partial charge in [0.05, 0.1) is 18.2 Å². The molecule has 0 radical (unpaired) electrons. The highest BCUT2D eigenvalue weighted by molar-refractivity contribution is 5.91. The summed E-state index contributed by atoms with van der Waals surface area (Å²) in [6.07, 6.45) is -3.05. The number of methoxy groups -OCH3 is 1. The number of hydrogen-bond acceptors (Lipinski definition) is 4. The van der Waals surface area contributed by atoms with Gasteiger partial charge in [-0.15, -0.1) is 0 Å². The second kappa shape index (κ2) is 5.75. The van der Waals surface area contributed by atoms with Crippen molar-refractivity contribution >= 4 is 22.4 Å². The van der Waals surface area contributed by atoms with Gasteiger partial charge in [0.2, 0.25) is 0 Å². The summed E-state index contributed by atoms with van der Waals surface area (Å²) in [5, 5.41) is 3.59. The molecule has 1 aromatic heterocycles. The molecule has 0 fully saturated rings. The zero-order chi connectivity index (χ0) is 16.4. The van der Waals surface area contributed by atoms with E-state index in [1.54, 1.807) is 31.4 Å². The highest BCUT2D eigenvalue weighted by atomic mass is 19.4. The summed E-state index contributed by atoms with van der Waals surface area (Å²) in [7, 11) is 1.55. The van der Waals surface area contributed by atoms with Gasteiger partial charge in [0, 0.05) is 17.1 Å². The molecule has 1 N–H and O–H groups in total. The third-order valence-electron chi connectivity index (χ3n) is 3.30. The van der Waals surface area contributed by atoms with E-state index in [4.69, 9.17) is 4.74 Å². The van der Waals surface area contributed by atoms with Gasteiger partial charge in [-0.25, -0.2) is 9.97 Å². The lowest BCUT2D eigenvalue weighted by atomic mass is 10.2. The van der Waals surface area contributed by atoms with Gasteiger partial charge in [-0.05, 0) is 30.3 Å². The van der Waals surface area contributed by atoms with Gasteiger partial charge in [0.25, 0.3) is 0 Å². The number of benzene rings is 2. The predicted octanol–water partition coefficient (Wildman–Crippen LogP) is 4.40. The van der Waals surface area contributed by atoms with Crippen molar-refractivity contribution in [3.63, 3.8) is 0 Å². The molecule has 7 heteroatoms. The first kappa shape index (κ1) is 15.1. The van der Waals surface area contributed by atoms with Gasteiger partial charge in [-0.1, -0.05) is 6.07 Å². The van der Waals surface area contributed by atoms with Crippen molar-refractivity contribution in [2.75, 3.05) is 12.4 Å². The van der Waals surface area contributed by atoms with Gasteiger partial charge < -0.3 is 10.1 Å². The monoisotopic (exact) mass is 319 g/mol. The number of halogens is 3. The van der Waals surface area contributed by atoms with E-state index in [0.29, 0.717) is 28.2 Å². The lowest BCUT2D eigenvalue weighted by Crippen LogP contribution is -2.05. The van der Waals surface area contributed by atoms with Crippen molar-refractivity contribution in [3.8, 4) is 5.75 Å². The number of nitrogens with one attached hydrogen (secondary N) is 1. The standard InChI is InChI=1S/C16H12F3N3O/c1-23-12-5-6-13-14(8-12)20-9-21-15(13)22-11-4-2-3-10(7-11)16(17,18)19/h2-9H,1H3,(H,20,21,22). The smallest absolute Gasteiger partial charge is 0.416 e. The predicted molar refractivity (Wildman–Crippen MR) is 80.8 cm³/mol. The lowest BCUT2D eigenvalue weighted by Gasteiger charge is -2.11. The summed E-state index contributed by atoms with van der Waals surface area (Å²) >= 11 is 0. The van der Waals surface area contributed by atoms with Gasteiger partial charge in [0.15, 0.2) is 0 Å². The summed E-state index contributed by atoms with van der Waals surface area (Å²) < 4.78 is 43.5. The molecule has 0 spiro atoms. The summed E-state index contributed by atoms with van der Waals surface area (Å²) in [4.78, 5) is 8.24. The first-order valence-electron chi connectivity index (χ1n) is 6.70. The van der Waals surface area contributed by atoms with Crippen molar-refractivity contribution < 1.29 is 17.9 Å². The molecule has 3 aromatic rings. The maximum absolute atomic E-state index is 12.8. The fourth-order valence-electron chi connectivity index (χ4n) is 2.17. The van der Waals surface area contributed by atoms with E-state index < -0.39 is 11.7 Å². The van der Waals surface area contributed by atoms with Gasteiger partial charge in [0.1, 0.15) is 17.9 Å². The van der Waals surface area contributed by atoms with E-state index in [1.807, 2.05) is 0 Å². The minimum atomic E-state index is -4.39. The van der Waals surface area contributed by atoms with E-state index in [0.717, 1.165) is 12.1 Å². The molecule has 23 heavy (non-hydrogen) atoms. The van der Waals surface area contributed by atoms with Crippen LogP contribution in [-0.2, 0) is 6.18 Å². The molecule has 0 bridgehead atoms. The molecular formula is C16H12F3N3O. The Kier molecular flexibility index (Phi) is 3.77. The molecule has 0 amide bonds. The van der Waals surface area contributed by atoms with Crippen molar-refractivity contribution in [1.29, 1.82) is 0 Å². The Hall–Kier alpha value is -2.83. The Bertz CT molecular complexity index is 849. The zero-order valence-corrected chi connectivity index (χ0v) is 12.1.